The molecule has 0 saturated carbocycles. The van der Waals surface area contributed by atoms with Crippen LogP contribution in [0.1, 0.15) is 5.56 Å². The summed E-state index contributed by atoms with van der Waals surface area (Å²) in [6.07, 6.45) is -4.42. The fourth-order valence-electron chi connectivity index (χ4n) is 1.08. The molecular weight excluding hydrogens is 235 g/mol. The van der Waals surface area contributed by atoms with E-state index in [1.807, 2.05) is 0 Å². The first-order chi connectivity index (χ1) is 7.90. The summed E-state index contributed by atoms with van der Waals surface area (Å²) in [5.74, 6) is 0. The monoisotopic (exact) mass is 247 g/mol. The predicted octanol–water partition coefficient (Wildman–Crippen LogP) is 1.83. The van der Waals surface area contributed by atoms with Crippen molar-refractivity contribution in [3.05, 3.63) is 29.8 Å². The first-order valence-corrected chi connectivity index (χ1v) is 4.81. The first kappa shape index (κ1) is 13.3. The number of benzene rings is 1. The third kappa shape index (κ3) is 5.21. The number of urea groups is 1. The highest BCUT2D eigenvalue weighted by Gasteiger charge is 2.27. The SMILES string of the molecule is NCc1ccc(NC(=O)NCC(F)(F)F)cc1. The summed E-state index contributed by atoms with van der Waals surface area (Å²) in [7, 11) is 0. The van der Waals surface area contributed by atoms with Crippen molar-refractivity contribution in [1.29, 1.82) is 0 Å². The van der Waals surface area contributed by atoms with Gasteiger partial charge in [-0.3, -0.25) is 0 Å². The molecule has 17 heavy (non-hydrogen) atoms. The van der Waals surface area contributed by atoms with Gasteiger partial charge in [-0.1, -0.05) is 12.1 Å². The van der Waals surface area contributed by atoms with Gasteiger partial charge in [-0.15, -0.1) is 0 Å². The molecule has 0 aliphatic carbocycles. The van der Waals surface area contributed by atoms with Crippen molar-refractivity contribution >= 4 is 11.7 Å². The zero-order valence-corrected chi connectivity index (χ0v) is 8.84. The van der Waals surface area contributed by atoms with Gasteiger partial charge in [0.05, 0.1) is 0 Å². The Morgan fingerprint density at radius 3 is 2.29 bits per heavy atom. The zero-order chi connectivity index (χ0) is 12.9. The van der Waals surface area contributed by atoms with Crippen LogP contribution in [0.5, 0.6) is 0 Å². The van der Waals surface area contributed by atoms with Gasteiger partial charge in [-0.05, 0) is 17.7 Å². The number of alkyl halides is 3. The molecule has 1 aromatic carbocycles. The molecular formula is C10H12F3N3O. The predicted molar refractivity (Wildman–Crippen MR) is 57.4 cm³/mol. The molecule has 4 nitrogen and oxygen atoms in total. The summed E-state index contributed by atoms with van der Waals surface area (Å²) in [6, 6.07) is 5.59. The third-order valence-corrected chi connectivity index (χ3v) is 1.90. The fraction of sp³-hybridized carbons (Fsp3) is 0.300. The lowest BCUT2D eigenvalue weighted by Crippen LogP contribution is -2.36. The van der Waals surface area contributed by atoms with Gasteiger partial charge in [0.25, 0.3) is 0 Å². The van der Waals surface area contributed by atoms with Crippen molar-refractivity contribution in [1.82, 2.24) is 5.32 Å². The Kier molecular flexibility index (Phi) is 4.33. The maximum absolute atomic E-state index is 11.8. The minimum absolute atomic E-state index is 0.362. The molecule has 1 aromatic rings. The van der Waals surface area contributed by atoms with Gasteiger partial charge in [-0.2, -0.15) is 13.2 Å². The van der Waals surface area contributed by atoms with Crippen molar-refractivity contribution in [2.24, 2.45) is 5.73 Å². The number of hydrogen-bond acceptors (Lipinski definition) is 2. The fourth-order valence-corrected chi connectivity index (χ4v) is 1.08. The van der Waals surface area contributed by atoms with E-state index < -0.39 is 18.8 Å². The molecule has 0 bridgehead atoms. The van der Waals surface area contributed by atoms with Crippen LogP contribution < -0.4 is 16.4 Å². The number of halogens is 3. The summed E-state index contributed by atoms with van der Waals surface area (Å²) in [5, 5.41) is 3.97. The van der Waals surface area contributed by atoms with Gasteiger partial charge in [0, 0.05) is 12.2 Å². The van der Waals surface area contributed by atoms with E-state index in [4.69, 9.17) is 5.73 Å². The normalized spacial score (nSPS) is 11.1. The largest absolute Gasteiger partial charge is 0.405 e. The second kappa shape index (κ2) is 5.53. The number of nitrogens with one attached hydrogen (secondary N) is 2. The molecule has 0 heterocycles. The average Bonchev–Trinajstić information content (AvgIpc) is 2.27. The topological polar surface area (TPSA) is 67.1 Å². The van der Waals surface area contributed by atoms with Crippen molar-refractivity contribution < 1.29 is 18.0 Å². The lowest BCUT2D eigenvalue weighted by atomic mass is 10.2. The summed E-state index contributed by atoms with van der Waals surface area (Å²) in [5.41, 5.74) is 6.64. The number of carbonyl (C=O) groups is 1. The highest BCUT2D eigenvalue weighted by atomic mass is 19.4. The summed E-state index contributed by atoms with van der Waals surface area (Å²) >= 11 is 0. The highest BCUT2D eigenvalue weighted by molar-refractivity contribution is 5.89. The standard InChI is InChI=1S/C10H12F3N3O/c11-10(12,13)6-15-9(17)16-8-3-1-7(5-14)2-4-8/h1-4H,5-6,14H2,(H2,15,16,17). The van der Waals surface area contributed by atoms with Crippen LogP contribution in [0.25, 0.3) is 0 Å². The summed E-state index contributed by atoms with van der Waals surface area (Å²) < 4.78 is 35.4. The molecule has 0 radical (unpaired) electrons. The van der Waals surface area contributed by atoms with Crippen LogP contribution in [0.2, 0.25) is 0 Å². The molecule has 0 atom stereocenters. The van der Waals surface area contributed by atoms with Crippen LogP contribution >= 0.6 is 0 Å². The van der Waals surface area contributed by atoms with Crippen molar-refractivity contribution in [3.63, 3.8) is 0 Å². The van der Waals surface area contributed by atoms with Crippen LogP contribution in [0.15, 0.2) is 24.3 Å². The molecule has 7 heteroatoms. The van der Waals surface area contributed by atoms with Crippen LogP contribution in [0.4, 0.5) is 23.7 Å². The van der Waals surface area contributed by atoms with Crippen LogP contribution in [0.3, 0.4) is 0 Å². The molecule has 2 amide bonds. The third-order valence-electron chi connectivity index (χ3n) is 1.90. The van der Waals surface area contributed by atoms with Gasteiger partial charge in [-0.25, -0.2) is 4.79 Å². The number of rotatable bonds is 3. The van der Waals surface area contributed by atoms with Gasteiger partial charge >= 0.3 is 12.2 Å². The van der Waals surface area contributed by atoms with E-state index in [2.05, 4.69) is 5.32 Å². The maximum atomic E-state index is 11.8. The lowest BCUT2D eigenvalue weighted by Gasteiger charge is -2.09. The molecule has 0 saturated heterocycles. The van der Waals surface area contributed by atoms with Gasteiger partial charge in [0.2, 0.25) is 0 Å². The molecule has 0 fully saturated rings. The molecule has 94 valence electrons. The van der Waals surface area contributed by atoms with Gasteiger partial charge in [0.1, 0.15) is 6.54 Å². The Labute approximate surface area is 96.0 Å². The maximum Gasteiger partial charge on any atom is 0.405 e. The Hall–Kier alpha value is -1.76. The van der Waals surface area contributed by atoms with Crippen molar-refractivity contribution in [3.8, 4) is 0 Å². The summed E-state index contributed by atoms with van der Waals surface area (Å²) in [4.78, 5) is 11.1. The van der Waals surface area contributed by atoms with E-state index in [0.717, 1.165) is 5.56 Å². The molecule has 0 aliphatic heterocycles. The van der Waals surface area contributed by atoms with Gasteiger partial charge in [0.15, 0.2) is 0 Å². The molecule has 0 aromatic heterocycles. The Bertz CT molecular complexity index is 375. The Morgan fingerprint density at radius 1 is 1.24 bits per heavy atom. The van der Waals surface area contributed by atoms with E-state index in [9.17, 15) is 18.0 Å². The van der Waals surface area contributed by atoms with Crippen LogP contribution in [0, 0.1) is 0 Å². The molecule has 4 N–H and O–H groups in total. The smallest absolute Gasteiger partial charge is 0.329 e. The van der Waals surface area contributed by atoms with Crippen LogP contribution in [-0.2, 0) is 6.54 Å². The van der Waals surface area contributed by atoms with E-state index in [-0.39, 0.29) is 0 Å². The second-order valence-electron chi connectivity index (χ2n) is 3.32. The minimum atomic E-state index is -4.42. The number of carbonyl (C=O) groups excluding carboxylic acids is 1. The molecule has 1 rings (SSSR count). The molecule has 0 unspecified atom stereocenters. The van der Waals surface area contributed by atoms with E-state index >= 15 is 0 Å². The van der Waals surface area contributed by atoms with Gasteiger partial charge < -0.3 is 16.4 Å². The molecule has 0 aliphatic rings. The second-order valence-corrected chi connectivity index (χ2v) is 3.32. The first-order valence-electron chi connectivity index (χ1n) is 4.81. The van der Waals surface area contributed by atoms with E-state index in [0.29, 0.717) is 12.2 Å². The van der Waals surface area contributed by atoms with Crippen molar-refractivity contribution in [2.45, 2.75) is 12.7 Å². The minimum Gasteiger partial charge on any atom is -0.329 e. The average molecular weight is 247 g/mol. The number of hydrogen-bond donors (Lipinski definition) is 3. The Morgan fingerprint density at radius 2 is 1.82 bits per heavy atom. The number of nitrogens with two attached hydrogens (primary N) is 1. The highest BCUT2D eigenvalue weighted by Crippen LogP contribution is 2.13. The number of amides is 2. The van der Waals surface area contributed by atoms with E-state index in [1.54, 1.807) is 29.6 Å². The quantitative estimate of drug-likeness (QED) is 0.762. The van der Waals surface area contributed by atoms with Crippen molar-refractivity contribution in [2.75, 3.05) is 11.9 Å². The summed E-state index contributed by atoms with van der Waals surface area (Å²) in [6.45, 7) is -1.000. The zero-order valence-electron chi connectivity index (χ0n) is 8.84. The Balaban J connectivity index is 2.45. The number of anilines is 1. The van der Waals surface area contributed by atoms with E-state index in [1.165, 1.54) is 0 Å². The lowest BCUT2D eigenvalue weighted by molar-refractivity contribution is -0.122. The molecule has 0 spiro atoms. The van der Waals surface area contributed by atoms with Crippen LogP contribution in [-0.4, -0.2) is 18.8 Å².